The molecule has 0 aliphatic carbocycles. The van der Waals surface area contributed by atoms with E-state index in [0.29, 0.717) is 0 Å². The number of thiophene rings is 1. The maximum atomic E-state index is 5.73. The summed E-state index contributed by atoms with van der Waals surface area (Å²) >= 11 is 1.53. The van der Waals surface area contributed by atoms with Gasteiger partial charge in [0.25, 0.3) is 0 Å². The van der Waals surface area contributed by atoms with E-state index in [0.717, 1.165) is 26.1 Å². The van der Waals surface area contributed by atoms with E-state index >= 15 is 0 Å². The van der Waals surface area contributed by atoms with Crippen LogP contribution in [0.4, 0.5) is 5.00 Å². The molecule has 0 aliphatic heterocycles. The van der Waals surface area contributed by atoms with Crippen LogP contribution in [0.5, 0.6) is 0 Å². The van der Waals surface area contributed by atoms with Crippen LogP contribution < -0.4 is 5.73 Å². The first-order valence-corrected chi connectivity index (χ1v) is 5.19. The summed E-state index contributed by atoms with van der Waals surface area (Å²) in [6.07, 6.45) is 0. The third-order valence-corrected chi connectivity index (χ3v) is 3.10. The third-order valence-electron chi connectivity index (χ3n) is 2.23. The van der Waals surface area contributed by atoms with Crippen molar-refractivity contribution in [1.29, 1.82) is 0 Å². The number of nitrogen functional groups attached to an aromatic ring is 1. The molecule has 3 aromatic rings. The second kappa shape index (κ2) is 2.69. The third kappa shape index (κ3) is 1.06. The predicted octanol–water partition coefficient (Wildman–Crippen LogP) is 3.03. The summed E-state index contributed by atoms with van der Waals surface area (Å²) in [5.41, 5.74) is 6.76. The fraction of sp³-hybridized carbons (Fsp3) is 0. The SMILES string of the molecule is Nc1cc2cc3ccccc3nc2s1. The van der Waals surface area contributed by atoms with Gasteiger partial charge in [-0.2, -0.15) is 0 Å². The normalized spacial score (nSPS) is 11.1. The number of benzene rings is 1. The zero-order valence-corrected chi connectivity index (χ0v) is 8.21. The van der Waals surface area contributed by atoms with Gasteiger partial charge in [-0.25, -0.2) is 4.98 Å². The van der Waals surface area contributed by atoms with Gasteiger partial charge < -0.3 is 5.73 Å². The van der Waals surface area contributed by atoms with Crippen LogP contribution in [-0.4, -0.2) is 4.98 Å². The van der Waals surface area contributed by atoms with Gasteiger partial charge in [0.2, 0.25) is 0 Å². The van der Waals surface area contributed by atoms with Crippen molar-refractivity contribution in [3.05, 3.63) is 36.4 Å². The van der Waals surface area contributed by atoms with Crippen LogP contribution in [0.3, 0.4) is 0 Å². The zero-order chi connectivity index (χ0) is 9.54. The highest BCUT2D eigenvalue weighted by molar-refractivity contribution is 7.22. The molecular formula is C11H8N2S. The second-order valence-corrected chi connectivity index (χ2v) is 4.29. The Morgan fingerprint density at radius 3 is 2.86 bits per heavy atom. The molecule has 0 saturated carbocycles. The van der Waals surface area contributed by atoms with Crippen LogP contribution in [0.2, 0.25) is 0 Å². The minimum atomic E-state index is 0.822. The monoisotopic (exact) mass is 200 g/mol. The van der Waals surface area contributed by atoms with Gasteiger partial charge in [0, 0.05) is 10.8 Å². The Balaban J connectivity index is 2.51. The average Bonchev–Trinajstić information content (AvgIpc) is 2.53. The lowest BCUT2D eigenvalue weighted by molar-refractivity contribution is 1.54. The van der Waals surface area contributed by atoms with Crippen LogP contribution >= 0.6 is 11.3 Å². The quantitative estimate of drug-likeness (QED) is 0.605. The molecule has 0 atom stereocenters. The van der Waals surface area contributed by atoms with E-state index in [-0.39, 0.29) is 0 Å². The van der Waals surface area contributed by atoms with Crippen molar-refractivity contribution in [3.63, 3.8) is 0 Å². The molecule has 0 fully saturated rings. The van der Waals surface area contributed by atoms with Crippen molar-refractivity contribution >= 4 is 37.5 Å². The fourth-order valence-electron chi connectivity index (χ4n) is 1.59. The van der Waals surface area contributed by atoms with Gasteiger partial charge >= 0.3 is 0 Å². The van der Waals surface area contributed by atoms with Crippen molar-refractivity contribution in [2.24, 2.45) is 0 Å². The van der Waals surface area contributed by atoms with E-state index < -0.39 is 0 Å². The largest absolute Gasteiger partial charge is 0.391 e. The van der Waals surface area contributed by atoms with Crippen LogP contribution in [0, 0.1) is 0 Å². The van der Waals surface area contributed by atoms with E-state index in [4.69, 9.17) is 5.73 Å². The number of pyridine rings is 1. The molecule has 2 aromatic heterocycles. The van der Waals surface area contributed by atoms with E-state index in [1.165, 1.54) is 11.3 Å². The molecular weight excluding hydrogens is 192 g/mol. The Hall–Kier alpha value is -1.61. The molecule has 0 spiro atoms. The van der Waals surface area contributed by atoms with Crippen molar-refractivity contribution in [3.8, 4) is 0 Å². The van der Waals surface area contributed by atoms with Gasteiger partial charge in [0.1, 0.15) is 4.83 Å². The van der Waals surface area contributed by atoms with Crippen molar-refractivity contribution in [2.75, 3.05) is 5.73 Å². The Kier molecular flexibility index (Phi) is 1.49. The lowest BCUT2D eigenvalue weighted by Crippen LogP contribution is -1.76. The Morgan fingerprint density at radius 1 is 1.07 bits per heavy atom. The van der Waals surface area contributed by atoms with Gasteiger partial charge in [-0.15, -0.1) is 0 Å². The number of hydrogen-bond acceptors (Lipinski definition) is 3. The Morgan fingerprint density at radius 2 is 1.93 bits per heavy atom. The first-order chi connectivity index (χ1) is 6.83. The number of fused-ring (bicyclic) bond motifs is 2. The summed E-state index contributed by atoms with van der Waals surface area (Å²) < 4.78 is 0. The smallest absolute Gasteiger partial charge is 0.125 e. The lowest BCUT2D eigenvalue weighted by atomic mass is 10.2. The molecule has 2 N–H and O–H groups in total. The first-order valence-electron chi connectivity index (χ1n) is 4.38. The molecule has 3 rings (SSSR count). The molecule has 68 valence electrons. The van der Waals surface area contributed by atoms with Gasteiger partial charge in [0.15, 0.2) is 0 Å². The molecule has 3 heteroatoms. The number of nitrogens with two attached hydrogens (primary N) is 1. The minimum absolute atomic E-state index is 0.822. The molecule has 0 radical (unpaired) electrons. The van der Waals surface area contributed by atoms with Gasteiger partial charge in [-0.3, -0.25) is 0 Å². The molecule has 0 bridgehead atoms. The lowest BCUT2D eigenvalue weighted by Gasteiger charge is -1.95. The fourth-order valence-corrected chi connectivity index (χ4v) is 2.38. The molecule has 2 heterocycles. The van der Waals surface area contributed by atoms with E-state index in [1.54, 1.807) is 0 Å². The standard InChI is InChI=1S/C11H8N2S/c12-10-6-8-5-7-3-1-2-4-9(7)13-11(8)14-10/h1-6H,12H2. The summed E-state index contributed by atoms with van der Waals surface area (Å²) in [5.74, 6) is 0. The van der Waals surface area contributed by atoms with E-state index in [1.807, 2.05) is 24.3 Å². The van der Waals surface area contributed by atoms with Crippen LogP contribution in [0.25, 0.3) is 21.1 Å². The highest BCUT2D eigenvalue weighted by Gasteiger charge is 2.01. The summed E-state index contributed by atoms with van der Waals surface area (Å²) in [6, 6.07) is 12.2. The predicted molar refractivity (Wildman–Crippen MR) is 61.5 cm³/mol. The maximum absolute atomic E-state index is 5.73. The zero-order valence-electron chi connectivity index (χ0n) is 7.40. The highest BCUT2D eigenvalue weighted by atomic mass is 32.1. The Bertz CT molecular complexity index is 560. The van der Waals surface area contributed by atoms with E-state index in [9.17, 15) is 0 Å². The van der Waals surface area contributed by atoms with E-state index in [2.05, 4.69) is 17.1 Å². The average molecular weight is 200 g/mol. The summed E-state index contributed by atoms with van der Waals surface area (Å²) in [5, 5.41) is 3.12. The van der Waals surface area contributed by atoms with Gasteiger partial charge in [-0.1, -0.05) is 29.5 Å². The van der Waals surface area contributed by atoms with Gasteiger partial charge in [-0.05, 0) is 18.2 Å². The summed E-state index contributed by atoms with van der Waals surface area (Å²) in [7, 11) is 0. The minimum Gasteiger partial charge on any atom is -0.391 e. The van der Waals surface area contributed by atoms with Crippen molar-refractivity contribution in [1.82, 2.24) is 4.98 Å². The van der Waals surface area contributed by atoms with Crippen molar-refractivity contribution < 1.29 is 0 Å². The number of anilines is 1. The molecule has 1 aromatic carbocycles. The second-order valence-electron chi connectivity index (χ2n) is 3.22. The number of rotatable bonds is 0. The molecule has 0 aliphatic rings. The highest BCUT2D eigenvalue weighted by Crippen LogP contribution is 2.28. The molecule has 0 saturated heterocycles. The number of nitrogens with zero attached hydrogens (tertiary/aromatic N) is 1. The summed E-state index contributed by atoms with van der Waals surface area (Å²) in [6.45, 7) is 0. The maximum Gasteiger partial charge on any atom is 0.125 e. The molecule has 14 heavy (non-hydrogen) atoms. The number of para-hydroxylation sites is 1. The molecule has 2 nitrogen and oxygen atoms in total. The van der Waals surface area contributed by atoms with Gasteiger partial charge in [0.05, 0.1) is 10.5 Å². The topological polar surface area (TPSA) is 38.9 Å². The molecule has 0 unspecified atom stereocenters. The van der Waals surface area contributed by atoms with Crippen LogP contribution in [0.15, 0.2) is 36.4 Å². The Labute approximate surface area is 85.0 Å². The first kappa shape index (κ1) is 7.76. The van der Waals surface area contributed by atoms with Crippen molar-refractivity contribution in [2.45, 2.75) is 0 Å². The molecule has 0 amide bonds. The van der Waals surface area contributed by atoms with Crippen LogP contribution in [0.1, 0.15) is 0 Å². The number of hydrogen-bond donors (Lipinski definition) is 1. The summed E-state index contributed by atoms with van der Waals surface area (Å²) in [4.78, 5) is 5.55. The number of aromatic nitrogens is 1. The van der Waals surface area contributed by atoms with Crippen LogP contribution in [-0.2, 0) is 0 Å².